The van der Waals surface area contributed by atoms with Gasteiger partial charge >= 0.3 is 6.09 Å². The number of alkyl carbamates (subject to hydrolysis) is 1. The van der Waals surface area contributed by atoms with Gasteiger partial charge in [-0.05, 0) is 23.3 Å². The van der Waals surface area contributed by atoms with Crippen LogP contribution in [0.4, 0.5) is 4.79 Å². The van der Waals surface area contributed by atoms with Crippen LogP contribution in [0.5, 0.6) is 0 Å². The number of nitrogens with one attached hydrogen (secondary N) is 1. The molecule has 2 aromatic carbocycles. The van der Waals surface area contributed by atoms with Crippen LogP contribution in [0.3, 0.4) is 0 Å². The summed E-state index contributed by atoms with van der Waals surface area (Å²) >= 11 is 0. The zero-order valence-electron chi connectivity index (χ0n) is 14.3. The van der Waals surface area contributed by atoms with Gasteiger partial charge in [0.05, 0.1) is 0 Å². The molecule has 1 aromatic heterocycles. The SMILES string of the molecule is Cc1nc2ccc(C(O)C(O)CNC(=O)OCc3ccccc3)cc2o1. The number of nitrogens with zero attached hydrogens (tertiary/aromatic N) is 1. The molecule has 2 unspecified atom stereocenters. The van der Waals surface area contributed by atoms with Gasteiger partial charge in [0.2, 0.25) is 0 Å². The zero-order chi connectivity index (χ0) is 18.5. The Morgan fingerprint density at radius 1 is 1.23 bits per heavy atom. The number of hydrogen-bond acceptors (Lipinski definition) is 6. The summed E-state index contributed by atoms with van der Waals surface area (Å²) in [4.78, 5) is 15.9. The van der Waals surface area contributed by atoms with E-state index in [1.165, 1.54) is 0 Å². The van der Waals surface area contributed by atoms with E-state index in [2.05, 4.69) is 10.3 Å². The Morgan fingerprint density at radius 3 is 2.77 bits per heavy atom. The Bertz CT molecular complexity index is 878. The summed E-state index contributed by atoms with van der Waals surface area (Å²) in [5.74, 6) is 0.523. The average molecular weight is 356 g/mol. The number of carbonyl (C=O) groups excluding carboxylic acids is 1. The highest BCUT2D eigenvalue weighted by atomic mass is 16.5. The highest BCUT2D eigenvalue weighted by Crippen LogP contribution is 2.23. The molecule has 0 aliphatic rings. The van der Waals surface area contributed by atoms with Crippen LogP contribution in [-0.2, 0) is 11.3 Å². The number of aliphatic hydroxyl groups excluding tert-OH is 2. The highest BCUT2D eigenvalue weighted by molar-refractivity contribution is 5.73. The van der Waals surface area contributed by atoms with Crippen molar-refractivity contribution in [3.63, 3.8) is 0 Å². The van der Waals surface area contributed by atoms with Crippen LogP contribution in [0.25, 0.3) is 11.1 Å². The fourth-order valence-corrected chi connectivity index (χ4v) is 2.54. The number of benzene rings is 2. The van der Waals surface area contributed by atoms with Crippen molar-refractivity contribution >= 4 is 17.2 Å². The number of aryl methyl sites for hydroxylation is 1. The van der Waals surface area contributed by atoms with Gasteiger partial charge in [0.25, 0.3) is 0 Å². The number of aromatic nitrogens is 1. The number of ether oxygens (including phenoxy) is 1. The Labute approximate surface area is 150 Å². The van der Waals surface area contributed by atoms with Gasteiger partial charge in [-0.25, -0.2) is 9.78 Å². The van der Waals surface area contributed by atoms with Crippen molar-refractivity contribution in [2.45, 2.75) is 25.7 Å². The summed E-state index contributed by atoms with van der Waals surface area (Å²) in [6, 6.07) is 14.2. The molecule has 0 radical (unpaired) electrons. The Kier molecular flexibility index (Phi) is 5.50. The summed E-state index contributed by atoms with van der Waals surface area (Å²) in [5, 5.41) is 22.8. The van der Waals surface area contributed by atoms with Crippen LogP contribution >= 0.6 is 0 Å². The monoisotopic (exact) mass is 356 g/mol. The van der Waals surface area contributed by atoms with Crippen molar-refractivity contribution < 1.29 is 24.2 Å². The lowest BCUT2D eigenvalue weighted by atomic mass is 10.0. The molecule has 3 aromatic rings. The van der Waals surface area contributed by atoms with Gasteiger partial charge in [-0.3, -0.25) is 0 Å². The van der Waals surface area contributed by atoms with E-state index in [0.717, 1.165) is 5.56 Å². The van der Waals surface area contributed by atoms with Gasteiger partial charge in [0.1, 0.15) is 24.3 Å². The average Bonchev–Trinajstić information content (AvgIpc) is 3.03. The van der Waals surface area contributed by atoms with Crippen LogP contribution in [0.2, 0.25) is 0 Å². The zero-order valence-corrected chi connectivity index (χ0v) is 14.3. The fourth-order valence-electron chi connectivity index (χ4n) is 2.54. The summed E-state index contributed by atoms with van der Waals surface area (Å²) in [6.07, 6.45) is -3.04. The molecule has 3 N–H and O–H groups in total. The predicted octanol–water partition coefficient (Wildman–Crippen LogP) is 2.46. The van der Waals surface area contributed by atoms with Gasteiger partial charge in [-0.1, -0.05) is 36.4 Å². The van der Waals surface area contributed by atoms with E-state index in [4.69, 9.17) is 9.15 Å². The lowest BCUT2D eigenvalue weighted by Crippen LogP contribution is -2.35. The van der Waals surface area contributed by atoms with Gasteiger partial charge in [-0.15, -0.1) is 0 Å². The molecule has 136 valence electrons. The minimum absolute atomic E-state index is 0.132. The van der Waals surface area contributed by atoms with Crippen molar-refractivity contribution in [2.24, 2.45) is 0 Å². The molecule has 0 spiro atoms. The molecular weight excluding hydrogens is 336 g/mol. The second-order valence-electron chi connectivity index (χ2n) is 5.91. The Balaban J connectivity index is 1.51. The second-order valence-corrected chi connectivity index (χ2v) is 5.91. The molecule has 7 heteroatoms. The largest absolute Gasteiger partial charge is 0.445 e. The van der Waals surface area contributed by atoms with Gasteiger partial charge in [0, 0.05) is 13.5 Å². The van der Waals surface area contributed by atoms with Crippen molar-refractivity contribution in [1.29, 1.82) is 0 Å². The number of amides is 1. The standard InChI is InChI=1S/C19H20N2O5/c1-12-21-15-8-7-14(9-17(15)26-12)18(23)16(22)10-20-19(24)25-11-13-5-3-2-4-6-13/h2-9,16,18,22-23H,10-11H2,1H3,(H,20,24). The first kappa shape index (κ1) is 17.9. The Hall–Kier alpha value is -2.90. The third-order valence-corrected chi connectivity index (χ3v) is 3.89. The van der Waals surface area contributed by atoms with E-state index >= 15 is 0 Å². The summed E-state index contributed by atoms with van der Waals surface area (Å²) in [7, 11) is 0. The van der Waals surface area contributed by atoms with E-state index in [0.29, 0.717) is 22.6 Å². The summed E-state index contributed by atoms with van der Waals surface area (Å²) in [6.45, 7) is 1.71. The van der Waals surface area contributed by atoms with E-state index < -0.39 is 18.3 Å². The van der Waals surface area contributed by atoms with Crippen molar-refractivity contribution in [3.05, 3.63) is 65.5 Å². The minimum Gasteiger partial charge on any atom is -0.445 e. The van der Waals surface area contributed by atoms with Crippen LogP contribution in [0.1, 0.15) is 23.1 Å². The van der Waals surface area contributed by atoms with Gasteiger partial charge in [0.15, 0.2) is 11.5 Å². The molecule has 0 saturated carbocycles. The highest BCUT2D eigenvalue weighted by Gasteiger charge is 2.20. The number of fused-ring (bicyclic) bond motifs is 1. The quantitative estimate of drug-likeness (QED) is 0.627. The fraction of sp³-hybridized carbons (Fsp3) is 0.263. The van der Waals surface area contributed by atoms with E-state index in [1.807, 2.05) is 30.3 Å². The molecule has 7 nitrogen and oxygen atoms in total. The lowest BCUT2D eigenvalue weighted by molar-refractivity contribution is 0.0184. The molecule has 0 aliphatic carbocycles. The predicted molar refractivity (Wildman–Crippen MR) is 94.3 cm³/mol. The van der Waals surface area contributed by atoms with Crippen LogP contribution < -0.4 is 5.32 Å². The molecule has 1 heterocycles. The third-order valence-electron chi connectivity index (χ3n) is 3.89. The molecule has 26 heavy (non-hydrogen) atoms. The molecule has 2 atom stereocenters. The molecular formula is C19H20N2O5. The first-order valence-electron chi connectivity index (χ1n) is 8.20. The van der Waals surface area contributed by atoms with Crippen LogP contribution in [0, 0.1) is 6.92 Å². The molecule has 0 aliphatic heterocycles. The first-order chi connectivity index (χ1) is 12.5. The number of aliphatic hydroxyl groups is 2. The van der Waals surface area contributed by atoms with Crippen molar-refractivity contribution in [1.82, 2.24) is 10.3 Å². The minimum atomic E-state index is -1.19. The molecule has 0 bridgehead atoms. The molecule has 0 fully saturated rings. The molecule has 0 saturated heterocycles. The molecule has 3 rings (SSSR count). The summed E-state index contributed by atoms with van der Waals surface area (Å²) < 4.78 is 10.5. The Morgan fingerprint density at radius 2 is 2.00 bits per heavy atom. The van der Waals surface area contributed by atoms with Crippen LogP contribution in [-0.4, -0.2) is 33.9 Å². The van der Waals surface area contributed by atoms with Gasteiger partial charge in [-0.2, -0.15) is 0 Å². The topological polar surface area (TPSA) is 105 Å². The lowest BCUT2D eigenvalue weighted by Gasteiger charge is -2.18. The number of oxazole rings is 1. The maximum Gasteiger partial charge on any atom is 0.407 e. The smallest absolute Gasteiger partial charge is 0.407 e. The molecule has 1 amide bonds. The maximum atomic E-state index is 11.7. The first-order valence-corrected chi connectivity index (χ1v) is 8.20. The van der Waals surface area contributed by atoms with Crippen LogP contribution in [0.15, 0.2) is 52.9 Å². The van der Waals surface area contributed by atoms with E-state index in [9.17, 15) is 15.0 Å². The number of rotatable bonds is 6. The van der Waals surface area contributed by atoms with Crippen molar-refractivity contribution in [2.75, 3.05) is 6.54 Å². The number of hydrogen-bond donors (Lipinski definition) is 3. The third kappa shape index (κ3) is 4.38. The summed E-state index contributed by atoms with van der Waals surface area (Å²) in [5.41, 5.74) is 2.54. The maximum absolute atomic E-state index is 11.7. The van der Waals surface area contributed by atoms with Crippen molar-refractivity contribution in [3.8, 4) is 0 Å². The normalized spacial score (nSPS) is 13.3. The van der Waals surface area contributed by atoms with E-state index in [1.54, 1.807) is 25.1 Å². The van der Waals surface area contributed by atoms with E-state index in [-0.39, 0.29) is 13.2 Å². The number of carbonyl (C=O) groups is 1. The van der Waals surface area contributed by atoms with Gasteiger partial charge < -0.3 is 24.7 Å². The second kappa shape index (κ2) is 7.99.